The van der Waals surface area contributed by atoms with Crippen LogP contribution in [0.1, 0.15) is 125 Å². The Balaban J connectivity index is 3.65. The third-order valence-electron chi connectivity index (χ3n) is 8.28. The van der Waals surface area contributed by atoms with Gasteiger partial charge < -0.3 is 9.84 Å². The summed E-state index contributed by atoms with van der Waals surface area (Å²) in [6.07, 6.45) is 5.01. The van der Waals surface area contributed by atoms with Crippen LogP contribution in [0.5, 0.6) is 0 Å². The van der Waals surface area contributed by atoms with E-state index < -0.39 is 28.4 Å². The Kier molecular flexibility index (Phi) is 14.7. The van der Waals surface area contributed by atoms with Crippen LogP contribution in [-0.4, -0.2) is 41.0 Å². The molecule has 4 atom stereocenters. The van der Waals surface area contributed by atoms with Gasteiger partial charge in [0.1, 0.15) is 0 Å². The molecule has 0 radical (unpaired) electrons. The Labute approximate surface area is 243 Å². The van der Waals surface area contributed by atoms with E-state index in [0.29, 0.717) is 19.4 Å². The number of aliphatic hydroxyl groups is 1. The Morgan fingerprint density at radius 2 is 1.79 bits per heavy atom. The molecule has 4 unspecified atom stereocenters. The van der Waals surface area contributed by atoms with Crippen molar-refractivity contribution in [1.82, 2.24) is 5.06 Å². The average molecular weight is 565 g/mol. The monoisotopic (exact) mass is 564 g/mol. The number of hydrogen-bond acceptors (Lipinski definition) is 7. The Morgan fingerprint density at radius 1 is 1.13 bits per heavy atom. The van der Waals surface area contributed by atoms with Gasteiger partial charge in [0.2, 0.25) is 0 Å². The molecule has 1 aromatic rings. The second kappa shape index (κ2) is 16.1. The molecule has 1 rings (SSSR count). The number of unbranched alkanes of at least 4 members (excludes halogenated alkanes) is 1. The second-order valence-electron chi connectivity index (χ2n) is 12.8. The molecule has 6 nitrogen and oxygen atoms in total. The Hall–Kier alpha value is -1.46. The van der Waals surface area contributed by atoms with Gasteiger partial charge >= 0.3 is 5.97 Å². The van der Waals surface area contributed by atoms with E-state index in [1.165, 1.54) is 0 Å². The van der Waals surface area contributed by atoms with Crippen molar-refractivity contribution in [3.05, 3.63) is 22.4 Å². The molecule has 0 spiro atoms. The molecule has 1 heterocycles. The van der Waals surface area contributed by atoms with Crippen LogP contribution in [0.25, 0.3) is 0 Å². The zero-order valence-corrected chi connectivity index (χ0v) is 27.2. The van der Waals surface area contributed by atoms with Crippen molar-refractivity contribution >= 4 is 17.3 Å². The highest BCUT2D eigenvalue weighted by atomic mass is 32.1. The zero-order valence-electron chi connectivity index (χ0n) is 26.4. The van der Waals surface area contributed by atoms with Crippen LogP contribution >= 0.6 is 11.3 Å². The lowest BCUT2D eigenvalue weighted by atomic mass is 9.60. The molecule has 0 fully saturated rings. The lowest BCUT2D eigenvalue weighted by Gasteiger charge is -2.47. The van der Waals surface area contributed by atoms with E-state index in [1.807, 2.05) is 38.8 Å². The molecule has 0 aliphatic heterocycles. The normalized spacial score (nSPS) is 16.5. The number of hydrogen-bond donors (Lipinski definition) is 1. The van der Waals surface area contributed by atoms with Crippen LogP contribution in [-0.2, 0) is 14.4 Å². The van der Waals surface area contributed by atoms with Gasteiger partial charge in [-0.1, -0.05) is 66.9 Å². The lowest BCUT2D eigenvalue weighted by Crippen LogP contribution is -2.53. The number of ether oxygens (including phenoxy) is 1. The van der Waals surface area contributed by atoms with E-state index in [9.17, 15) is 15.2 Å². The number of thiophene rings is 1. The molecule has 0 saturated carbocycles. The van der Waals surface area contributed by atoms with Crippen molar-refractivity contribution in [3.63, 3.8) is 0 Å². The minimum Gasteiger partial charge on any atom is -0.465 e. The first kappa shape index (κ1) is 35.6. The fraction of sp³-hybridized carbons (Fsp3) is 0.812. The van der Waals surface area contributed by atoms with E-state index in [1.54, 1.807) is 11.3 Å². The maximum Gasteiger partial charge on any atom is 0.311 e. The van der Waals surface area contributed by atoms with Gasteiger partial charge in [-0.15, -0.1) is 11.3 Å². The van der Waals surface area contributed by atoms with Gasteiger partial charge in [-0.3, -0.25) is 9.63 Å². The molecule has 39 heavy (non-hydrogen) atoms. The number of hydroxylamine groups is 2. The predicted octanol–water partition coefficient (Wildman–Crippen LogP) is 8.32. The highest BCUT2D eigenvalue weighted by Gasteiger charge is 2.47. The molecular formula is C32H56N2O4S. The van der Waals surface area contributed by atoms with Crippen molar-refractivity contribution in [3.8, 4) is 6.07 Å². The highest BCUT2D eigenvalue weighted by molar-refractivity contribution is 7.10. The van der Waals surface area contributed by atoms with E-state index in [-0.39, 0.29) is 24.5 Å². The maximum atomic E-state index is 13.8. The first-order valence-electron chi connectivity index (χ1n) is 14.9. The van der Waals surface area contributed by atoms with Crippen LogP contribution in [0, 0.1) is 34.0 Å². The van der Waals surface area contributed by atoms with Crippen LogP contribution in [0.15, 0.2) is 17.5 Å². The SMILES string of the molecule is CCCCOC(=O)C(CC(C)(CCC)C(C)(C)C#N)C(CCC)ON(C(c1cccs1)C(C)C)C(C)(C)CO. The van der Waals surface area contributed by atoms with Gasteiger partial charge in [0.05, 0.1) is 48.3 Å². The zero-order chi connectivity index (χ0) is 29.9. The molecule has 0 amide bonds. The standard InChI is InChI=1S/C32H56N2O4S/c1-11-14-19-37-29(36)25(21-32(10,18-13-3)30(6,7)22-33)26(16-12-2)38-34(31(8,9)23-35)28(24(4)5)27-17-15-20-39-27/h15,17,20,24-26,28,35H,11-14,16,18-19,21,23H2,1-10H3. The van der Waals surface area contributed by atoms with Gasteiger partial charge in [-0.25, -0.2) is 0 Å². The number of nitriles is 1. The highest BCUT2D eigenvalue weighted by Crippen LogP contribution is 2.48. The Bertz CT molecular complexity index is 877. The summed E-state index contributed by atoms with van der Waals surface area (Å²) < 4.78 is 5.85. The van der Waals surface area contributed by atoms with Crippen LogP contribution < -0.4 is 0 Å². The number of aliphatic hydroxyl groups excluding tert-OH is 1. The smallest absolute Gasteiger partial charge is 0.311 e. The van der Waals surface area contributed by atoms with Crippen molar-refractivity contribution in [2.75, 3.05) is 13.2 Å². The molecule has 1 aromatic heterocycles. The first-order valence-corrected chi connectivity index (χ1v) is 15.8. The minimum absolute atomic E-state index is 0.0962. The van der Waals surface area contributed by atoms with Crippen molar-refractivity contribution in [2.24, 2.45) is 22.7 Å². The molecular weight excluding hydrogens is 508 g/mol. The number of carbonyl (C=O) groups excluding carboxylic acids is 1. The molecule has 224 valence electrons. The molecule has 0 aliphatic carbocycles. The van der Waals surface area contributed by atoms with Gasteiger partial charge in [0.25, 0.3) is 0 Å². The molecule has 0 aromatic carbocycles. The molecule has 0 saturated heterocycles. The summed E-state index contributed by atoms with van der Waals surface area (Å²) in [5, 5.41) is 24.6. The fourth-order valence-electron chi connectivity index (χ4n) is 5.22. The van der Waals surface area contributed by atoms with E-state index in [2.05, 4.69) is 59.1 Å². The summed E-state index contributed by atoms with van der Waals surface area (Å²) in [4.78, 5) is 21.9. The fourth-order valence-corrected chi connectivity index (χ4v) is 6.20. The largest absolute Gasteiger partial charge is 0.465 e. The van der Waals surface area contributed by atoms with E-state index >= 15 is 0 Å². The summed E-state index contributed by atoms with van der Waals surface area (Å²) in [5.41, 5.74) is -1.74. The van der Waals surface area contributed by atoms with Gasteiger partial charge in [0.15, 0.2) is 0 Å². The van der Waals surface area contributed by atoms with E-state index in [4.69, 9.17) is 9.57 Å². The van der Waals surface area contributed by atoms with Crippen LogP contribution in [0.4, 0.5) is 0 Å². The van der Waals surface area contributed by atoms with E-state index in [0.717, 1.165) is 37.0 Å². The quantitative estimate of drug-likeness (QED) is 0.103. The molecule has 1 N–H and O–H groups in total. The van der Waals surface area contributed by atoms with Crippen molar-refractivity contribution < 1.29 is 19.5 Å². The number of nitrogens with zero attached hydrogens (tertiary/aromatic N) is 2. The first-order chi connectivity index (χ1) is 18.2. The van der Waals surface area contributed by atoms with Gasteiger partial charge in [0, 0.05) is 4.88 Å². The Morgan fingerprint density at radius 3 is 2.26 bits per heavy atom. The topological polar surface area (TPSA) is 82.8 Å². The summed E-state index contributed by atoms with van der Waals surface area (Å²) in [7, 11) is 0. The molecule has 7 heteroatoms. The van der Waals surface area contributed by atoms with Gasteiger partial charge in [-0.05, 0) is 76.2 Å². The average Bonchev–Trinajstić information content (AvgIpc) is 3.40. The predicted molar refractivity (Wildman–Crippen MR) is 161 cm³/mol. The maximum absolute atomic E-state index is 13.8. The minimum atomic E-state index is -0.694. The lowest BCUT2D eigenvalue weighted by molar-refractivity contribution is -0.294. The summed E-state index contributed by atoms with van der Waals surface area (Å²) >= 11 is 1.67. The number of esters is 1. The summed E-state index contributed by atoms with van der Waals surface area (Å²) in [6.45, 7) is 21.0. The molecule has 0 aliphatic rings. The number of carbonyl (C=O) groups is 1. The molecule has 0 bridgehead atoms. The third kappa shape index (κ3) is 9.56. The van der Waals surface area contributed by atoms with Crippen molar-refractivity contribution in [2.45, 2.75) is 132 Å². The van der Waals surface area contributed by atoms with Crippen molar-refractivity contribution in [1.29, 1.82) is 5.26 Å². The van der Waals surface area contributed by atoms with Crippen LogP contribution in [0.3, 0.4) is 0 Å². The third-order valence-corrected chi connectivity index (χ3v) is 9.22. The van der Waals surface area contributed by atoms with Crippen LogP contribution in [0.2, 0.25) is 0 Å². The summed E-state index contributed by atoms with van der Waals surface area (Å²) in [5.74, 6) is -0.592. The number of rotatable bonds is 19. The second-order valence-corrected chi connectivity index (χ2v) is 13.8. The van der Waals surface area contributed by atoms with Gasteiger partial charge in [-0.2, -0.15) is 10.3 Å². The summed E-state index contributed by atoms with van der Waals surface area (Å²) in [6, 6.07) is 6.58.